The Labute approximate surface area is 181 Å². The Hall–Kier alpha value is -3.19. The minimum absolute atomic E-state index is 0.0108. The van der Waals surface area contributed by atoms with Crippen LogP contribution in [0, 0.1) is 13.8 Å². The molecule has 0 aliphatic carbocycles. The fraction of sp³-hybridized carbons (Fsp3) is 0.261. The van der Waals surface area contributed by atoms with Crippen LogP contribution in [0.1, 0.15) is 48.2 Å². The number of rotatable bonds is 5. The maximum Gasteiger partial charge on any atom is 0.224 e. The molecule has 30 heavy (non-hydrogen) atoms. The van der Waals surface area contributed by atoms with Gasteiger partial charge in [-0.05, 0) is 74.1 Å². The third kappa shape index (κ3) is 3.80. The van der Waals surface area contributed by atoms with Crippen LogP contribution in [0.15, 0.2) is 59.1 Å². The second kappa shape index (κ2) is 8.28. The van der Waals surface area contributed by atoms with E-state index in [-0.39, 0.29) is 18.0 Å². The number of hydrogen-bond donors (Lipinski definition) is 2. The molecule has 0 radical (unpaired) electrons. The summed E-state index contributed by atoms with van der Waals surface area (Å²) in [5.74, 6) is 1.65. The number of hydrogen-bond acceptors (Lipinski definition) is 4. The van der Waals surface area contributed by atoms with Gasteiger partial charge in [0.1, 0.15) is 17.6 Å². The van der Waals surface area contributed by atoms with Gasteiger partial charge in [0, 0.05) is 24.0 Å². The number of aryl methyl sites for hydroxylation is 2. The summed E-state index contributed by atoms with van der Waals surface area (Å²) in [7, 11) is 0. The molecule has 0 spiro atoms. The van der Waals surface area contributed by atoms with Gasteiger partial charge in [0.25, 0.3) is 0 Å². The van der Waals surface area contributed by atoms with Gasteiger partial charge in [0.15, 0.2) is 5.11 Å². The number of nitrogens with one attached hydrogen (secondary N) is 2. The lowest BCUT2D eigenvalue weighted by molar-refractivity contribution is -0.115. The molecule has 1 aromatic carbocycles. The Balaban J connectivity index is 1.74. The van der Waals surface area contributed by atoms with E-state index in [1.54, 1.807) is 6.20 Å². The number of carbonyl (C=O) groups is 1. The minimum Gasteiger partial charge on any atom is -0.464 e. The van der Waals surface area contributed by atoms with Crippen LogP contribution in [-0.2, 0) is 4.79 Å². The Kier molecular flexibility index (Phi) is 5.55. The summed E-state index contributed by atoms with van der Waals surface area (Å²) in [6, 6.07) is 15.4. The van der Waals surface area contributed by atoms with Crippen molar-refractivity contribution < 1.29 is 9.21 Å². The molecule has 6 nitrogen and oxygen atoms in total. The van der Waals surface area contributed by atoms with E-state index < -0.39 is 0 Å². The van der Waals surface area contributed by atoms with Crippen molar-refractivity contribution in [1.29, 1.82) is 0 Å². The van der Waals surface area contributed by atoms with E-state index in [2.05, 4.69) is 20.5 Å². The van der Waals surface area contributed by atoms with Crippen LogP contribution < -0.4 is 15.5 Å². The van der Waals surface area contributed by atoms with Crippen molar-refractivity contribution in [2.24, 2.45) is 0 Å². The Morgan fingerprint density at radius 3 is 2.70 bits per heavy atom. The van der Waals surface area contributed by atoms with Gasteiger partial charge in [-0.2, -0.15) is 0 Å². The summed E-state index contributed by atoms with van der Waals surface area (Å²) in [4.78, 5) is 18.4. The SMILES string of the molecule is CCC(=O)Nc1ccc(N2C(=S)NC(c3ccccn3)C2c2ccc(C)o2)cc1C. The highest BCUT2D eigenvalue weighted by molar-refractivity contribution is 7.80. The van der Waals surface area contributed by atoms with Gasteiger partial charge >= 0.3 is 0 Å². The molecule has 154 valence electrons. The van der Waals surface area contributed by atoms with Crippen LogP contribution in [0.4, 0.5) is 11.4 Å². The predicted molar refractivity (Wildman–Crippen MR) is 121 cm³/mol. The standard InChI is InChI=1S/C23H24N4O2S/c1-4-20(28)25-17-10-9-16(13-14(17)2)27-22(19-11-8-15(3)29-19)21(26-23(27)30)18-7-5-6-12-24-18/h5-13,21-22H,4H2,1-3H3,(H,25,28)(H,26,30). The molecular weight excluding hydrogens is 396 g/mol. The molecule has 7 heteroatoms. The van der Waals surface area contributed by atoms with E-state index in [9.17, 15) is 4.79 Å². The van der Waals surface area contributed by atoms with Gasteiger partial charge < -0.3 is 20.0 Å². The summed E-state index contributed by atoms with van der Waals surface area (Å²) in [5.41, 5.74) is 3.59. The predicted octanol–water partition coefficient (Wildman–Crippen LogP) is 4.82. The van der Waals surface area contributed by atoms with E-state index >= 15 is 0 Å². The highest BCUT2D eigenvalue weighted by Gasteiger charge is 2.42. The third-order valence-corrected chi connectivity index (χ3v) is 5.55. The van der Waals surface area contributed by atoms with Gasteiger partial charge in [-0.3, -0.25) is 9.78 Å². The second-order valence-corrected chi connectivity index (χ2v) is 7.73. The van der Waals surface area contributed by atoms with Crippen molar-refractivity contribution in [3.63, 3.8) is 0 Å². The molecule has 2 atom stereocenters. The molecule has 1 aliphatic heterocycles. The quantitative estimate of drug-likeness (QED) is 0.577. The molecule has 2 N–H and O–H groups in total. The van der Waals surface area contributed by atoms with Gasteiger partial charge in [-0.1, -0.05) is 13.0 Å². The van der Waals surface area contributed by atoms with Gasteiger partial charge in [-0.25, -0.2) is 0 Å². The van der Waals surface area contributed by atoms with Crippen LogP contribution in [0.5, 0.6) is 0 Å². The zero-order chi connectivity index (χ0) is 21.3. The van der Waals surface area contributed by atoms with E-state index in [1.165, 1.54) is 0 Å². The van der Waals surface area contributed by atoms with E-state index in [4.69, 9.17) is 16.6 Å². The first-order valence-corrected chi connectivity index (χ1v) is 10.4. The molecule has 1 fully saturated rings. The normalized spacial score (nSPS) is 18.4. The minimum atomic E-state index is -0.184. The second-order valence-electron chi connectivity index (χ2n) is 7.35. The van der Waals surface area contributed by atoms with Crippen LogP contribution in [0.3, 0.4) is 0 Å². The number of amides is 1. The molecule has 3 heterocycles. The van der Waals surface area contributed by atoms with Crippen LogP contribution in [-0.4, -0.2) is 16.0 Å². The first-order chi connectivity index (χ1) is 14.5. The number of pyridine rings is 1. The summed E-state index contributed by atoms with van der Waals surface area (Å²) in [6.45, 7) is 5.74. The van der Waals surface area contributed by atoms with Crippen molar-refractivity contribution in [3.8, 4) is 0 Å². The lowest BCUT2D eigenvalue weighted by atomic mass is 10.0. The molecule has 1 amide bonds. The zero-order valence-electron chi connectivity index (χ0n) is 17.2. The number of anilines is 2. The summed E-state index contributed by atoms with van der Waals surface area (Å²) < 4.78 is 6.01. The molecule has 3 aromatic rings. The van der Waals surface area contributed by atoms with Crippen molar-refractivity contribution in [3.05, 3.63) is 77.5 Å². The highest BCUT2D eigenvalue weighted by Crippen LogP contribution is 2.42. The van der Waals surface area contributed by atoms with E-state index in [0.29, 0.717) is 11.5 Å². The average molecular weight is 421 g/mol. The monoisotopic (exact) mass is 420 g/mol. The fourth-order valence-corrected chi connectivity index (χ4v) is 4.06. The first-order valence-electron chi connectivity index (χ1n) is 9.95. The number of furan rings is 1. The van der Waals surface area contributed by atoms with Crippen LogP contribution in [0.2, 0.25) is 0 Å². The Morgan fingerprint density at radius 2 is 2.07 bits per heavy atom. The summed E-state index contributed by atoms with van der Waals surface area (Å²) in [6.07, 6.45) is 2.22. The highest BCUT2D eigenvalue weighted by atomic mass is 32.1. The van der Waals surface area contributed by atoms with Crippen molar-refractivity contribution >= 4 is 34.6 Å². The topological polar surface area (TPSA) is 70.4 Å². The number of carbonyl (C=O) groups excluding carboxylic acids is 1. The summed E-state index contributed by atoms with van der Waals surface area (Å²) in [5, 5.41) is 6.96. The van der Waals surface area contributed by atoms with Crippen molar-refractivity contribution in [2.45, 2.75) is 39.3 Å². The van der Waals surface area contributed by atoms with E-state index in [1.807, 2.05) is 69.3 Å². The maximum absolute atomic E-state index is 11.8. The molecule has 2 unspecified atom stereocenters. The van der Waals surface area contributed by atoms with Crippen molar-refractivity contribution in [2.75, 3.05) is 10.2 Å². The largest absolute Gasteiger partial charge is 0.464 e. The van der Waals surface area contributed by atoms with Gasteiger partial charge in [0.05, 0.1) is 11.7 Å². The number of benzene rings is 1. The van der Waals surface area contributed by atoms with E-state index in [0.717, 1.165) is 34.2 Å². The molecule has 2 aromatic heterocycles. The first kappa shape index (κ1) is 20.1. The molecule has 0 bridgehead atoms. The van der Waals surface area contributed by atoms with Crippen LogP contribution in [0.25, 0.3) is 0 Å². The lowest BCUT2D eigenvalue weighted by Crippen LogP contribution is -2.29. The fourth-order valence-electron chi connectivity index (χ4n) is 3.71. The third-order valence-electron chi connectivity index (χ3n) is 5.23. The number of aromatic nitrogens is 1. The van der Waals surface area contributed by atoms with Gasteiger partial charge in [-0.15, -0.1) is 0 Å². The maximum atomic E-state index is 11.8. The molecular formula is C23H24N4O2S. The van der Waals surface area contributed by atoms with Gasteiger partial charge in [0.2, 0.25) is 5.91 Å². The van der Waals surface area contributed by atoms with Crippen molar-refractivity contribution in [1.82, 2.24) is 10.3 Å². The number of thiocarbonyl (C=S) groups is 1. The average Bonchev–Trinajstić information content (AvgIpc) is 3.32. The lowest BCUT2D eigenvalue weighted by Gasteiger charge is -2.26. The molecule has 0 saturated carbocycles. The Bertz CT molecular complexity index is 1080. The zero-order valence-corrected chi connectivity index (χ0v) is 18.0. The smallest absolute Gasteiger partial charge is 0.224 e. The number of nitrogens with zero attached hydrogens (tertiary/aromatic N) is 2. The summed E-state index contributed by atoms with van der Waals surface area (Å²) >= 11 is 5.72. The Morgan fingerprint density at radius 1 is 1.23 bits per heavy atom. The van der Waals surface area contributed by atoms with Crippen LogP contribution >= 0.6 is 12.2 Å². The molecule has 1 aliphatic rings. The molecule has 1 saturated heterocycles. The molecule has 4 rings (SSSR count).